The summed E-state index contributed by atoms with van der Waals surface area (Å²) in [7, 11) is -0.234. The Hall–Kier alpha value is 0.0969. The van der Waals surface area contributed by atoms with E-state index in [0.717, 1.165) is 13.2 Å². The van der Waals surface area contributed by atoms with Crippen LogP contribution < -0.4 is 10.6 Å². The zero-order valence-corrected chi connectivity index (χ0v) is 14.3. The molecule has 18 heavy (non-hydrogen) atoms. The summed E-state index contributed by atoms with van der Waals surface area (Å²) in [6.45, 7) is 13.4. The largest absolute Gasteiger partial charge is 0.424 e. The van der Waals surface area contributed by atoms with Crippen molar-refractivity contribution in [2.45, 2.75) is 77.0 Å². The van der Waals surface area contributed by atoms with Crippen molar-refractivity contribution in [3.8, 4) is 0 Å². The quantitative estimate of drug-likeness (QED) is 0.548. The van der Waals surface area contributed by atoms with E-state index in [-0.39, 0.29) is 20.8 Å². The first-order valence-corrected chi connectivity index (χ1v) is 9.03. The lowest BCUT2D eigenvalue weighted by Gasteiger charge is -2.46. The number of hydrogen-bond donors (Lipinski definition) is 2. The Labute approximate surface area is 115 Å². The molecular formula is C14H32N2OSi. The maximum atomic E-state index is 5.49. The van der Waals surface area contributed by atoms with Gasteiger partial charge in [-0.1, -0.05) is 0 Å². The molecule has 1 aliphatic rings. The van der Waals surface area contributed by atoms with Gasteiger partial charge in [0.25, 0.3) is 0 Å². The third-order valence-corrected chi connectivity index (χ3v) is 5.03. The Morgan fingerprint density at radius 2 is 1.83 bits per heavy atom. The molecule has 0 aliphatic carbocycles. The molecule has 0 radical (unpaired) electrons. The summed E-state index contributed by atoms with van der Waals surface area (Å²) in [6.07, 6.45) is 3.72. The molecule has 4 heteroatoms. The lowest BCUT2D eigenvalue weighted by Crippen LogP contribution is -2.61. The minimum absolute atomic E-state index is 0.234. The van der Waals surface area contributed by atoms with Crippen molar-refractivity contribution in [3.05, 3.63) is 0 Å². The molecule has 0 aromatic heterocycles. The van der Waals surface area contributed by atoms with Gasteiger partial charge in [0.15, 0.2) is 9.76 Å². The third kappa shape index (κ3) is 6.32. The van der Waals surface area contributed by atoms with Crippen molar-refractivity contribution in [2.75, 3.05) is 13.2 Å². The second-order valence-electron chi connectivity index (χ2n) is 6.86. The normalized spacial score (nSPS) is 23.8. The smallest absolute Gasteiger partial charge is 0.161 e. The van der Waals surface area contributed by atoms with Crippen LogP contribution in [0.1, 0.15) is 53.9 Å². The maximum Gasteiger partial charge on any atom is 0.161 e. The average Bonchev–Trinajstić information content (AvgIpc) is 2.18. The molecule has 2 N–H and O–H groups in total. The average molecular weight is 273 g/mol. The molecule has 0 saturated carbocycles. The molecule has 0 amide bonds. The van der Waals surface area contributed by atoms with Gasteiger partial charge in [0.2, 0.25) is 0 Å². The molecule has 0 aromatic carbocycles. The molecule has 1 heterocycles. The van der Waals surface area contributed by atoms with Gasteiger partial charge in [-0.2, -0.15) is 0 Å². The minimum atomic E-state index is -0.234. The molecule has 1 aliphatic heterocycles. The van der Waals surface area contributed by atoms with Crippen molar-refractivity contribution in [3.63, 3.8) is 0 Å². The summed E-state index contributed by atoms with van der Waals surface area (Å²) >= 11 is 0. The zero-order chi connectivity index (χ0) is 13.6. The fourth-order valence-electron chi connectivity index (χ4n) is 3.25. The Morgan fingerprint density at radius 1 is 1.22 bits per heavy atom. The van der Waals surface area contributed by atoms with Crippen LogP contribution in [0.4, 0.5) is 0 Å². The molecule has 0 bridgehead atoms. The minimum Gasteiger partial charge on any atom is -0.424 e. The summed E-state index contributed by atoms with van der Waals surface area (Å²) in [6, 6.07) is 1.96. The van der Waals surface area contributed by atoms with Gasteiger partial charge < -0.3 is 15.1 Å². The van der Waals surface area contributed by atoms with Crippen molar-refractivity contribution in [2.24, 2.45) is 0 Å². The topological polar surface area (TPSA) is 33.3 Å². The molecule has 0 atom stereocenters. The van der Waals surface area contributed by atoms with Crippen LogP contribution in [-0.4, -0.2) is 40.0 Å². The maximum absolute atomic E-state index is 5.49. The molecule has 1 saturated heterocycles. The Kier molecular flexibility index (Phi) is 6.31. The van der Waals surface area contributed by atoms with Gasteiger partial charge in [0, 0.05) is 23.7 Å². The highest BCUT2D eigenvalue weighted by Crippen LogP contribution is 2.28. The van der Waals surface area contributed by atoms with E-state index >= 15 is 0 Å². The number of hydrogen-bond acceptors (Lipinski definition) is 3. The standard InChI is InChI=1S/C14H32N2OSi/c1-6-17-18-9-7-8-15-12-10-13(2,3)16-14(4,5)11-12/h12,15-16H,6-11,18H2,1-5H3. The fraction of sp³-hybridized carbons (Fsp3) is 1.00. The van der Waals surface area contributed by atoms with Crippen molar-refractivity contribution < 1.29 is 4.43 Å². The molecule has 0 spiro atoms. The highest BCUT2D eigenvalue weighted by molar-refractivity contribution is 6.26. The first-order chi connectivity index (χ1) is 8.35. The van der Waals surface area contributed by atoms with Crippen LogP contribution in [0.5, 0.6) is 0 Å². The Balaban J connectivity index is 2.21. The Bertz CT molecular complexity index is 228. The Morgan fingerprint density at radius 3 is 2.39 bits per heavy atom. The van der Waals surface area contributed by atoms with Crippen LogP contribution in [-0.2, 0) is 4.43 Å². The third-order valence-electron chi connectivity index (χ3n) is 3.54. The van der Waals surface area contributed by atoms with Gasteiger partial charge in [0.1, 0.15) is 0 Å². The molecule has 1 rings (SSSR count). The number of rotatable bonds is 7. The van der Waals surface area contributed by atoms with E-state index in [1.54, 1.807) is 0 Å². The first-order valence-electron chi connectivity index (χ1n) is 7.45. The molecule has 0 aromatic rings. The predicted molar refractivity (Wildman–Crippen MR) is 81.9 cm³/mol. The molecule has 108 valence electrons. The van der Waals surface area contributed by atoms with E-state index in [9.17, 15) is 0 Å². The van der Waals surface area contributed by atoms with Crippen LogP contribution in [0.2, 0.25) is 6.04 Å². The van der Waals surface area contributed by atoms with Gasteiger partial charge in [-0.15, -0.1) is 0 Å². The zero-order valence-electron chi connectivity index (χ0n) is 12.9. The van der Waals surface area contributed by atoms with E-state index in [1.807, 2.05) is 0 Å². The highest BCUT2D eigenvalue weighted by Gasteiger charge is 2.37. The fourth-order valence-corrected chi connectivity index (χ4v) is 4.19. The molecule has 1 fully saturated rings. The van der Waals surface area contributed by atoms with Gasteiger partial charge in [-0.05, 0) is 66.5 Å². The number of piperidine rings is 1. The summed E-state index contributed by atoms with van der Waals surface area (Å²) in [4.78, 5) is 0. The molecule has 0 unspecified atom stereocenters. The van der Waals surface area contributed by atoms with Gasteiger partial charge in [0.05, 0.1) is 0 Å². The van der Waals surface area contributed by atoms with E-state index in [1.165, 1.54) is 25.3 Å². The van der Waals surface area contributed by atoms with Gasteiger partial charge >= 0.3 is 0 Å². The predicted octanol–water partition coefficient (Wildman–Crippen LogP) is 1.81. The SMILES string of the molecule is CCO[SiH2]CCCNC1CC(C)(C)NC(C)(C)C1. The van der Waals surface area contributed by atoms with Crippen LogP contribution in [0.3, 0.4) is 0 Å². The summed E-state index contributed by atoms with van der Waals surface area (Å²) in [5, 5.41) is 7.46. The van der Waals surface area contributed by atoms with Crippen molar-refractivity contribution in [1.82, 2.24) is 10.6 Å². The molecule has 3 nitrogen and oxygen atoms in total. The van der Waals surface area contributed by atoms with Crippen molar-refractivity contribution >= 4 is 9.76 Å². The van der Waals surface area contributed by atoms with Crippen LogP contribution in [0, 0.1) is 0 Å². The van der Waals surface area contributed by atoms with Gasteiger partial charge in [-0.3, -0.25) is 0 Å². The summed E-state index contributed by atoms with van der Waals surface area (Å²) in [5.74, 6) is 0. The van der Waals surface area contributed by atoms with Crippen molar-refractivity contribution in [1.29, 1.82) is 0 Å². The van der Waals surface area contributed by atoms with Gasteiger partial charge in [-0.25, -0.2) is 0 Å². The first kappa shape index (κ1) is 16.2. The lowest BCUT2D eigenvalue weighted by molar-refractivity contribution is 0.146. The summed E-state index contributed by atoms with van der Waals surface area (Å²) < 4.78 is 5.49. The monoisotopic (exact) mass is 272 g/mol. The lowest BCUT2D eigenvalue weighted by atomic mass is 9.79. The number of nitrogens with one attached hydrogen (secondary N) is 2. The van der Waals surface area contributed by atoms with E-state index in [0.29, 0.717) is 6.04 Å². The van der Waals surface area contributed by atoms with E-state index in [4.69, 9.17) is 4.43 Å². The molecular weight excluding hydrogens is 240 g/mol. The van der Waals surface area contributed by atoms with Crippen LogP contribution >= 0.6 is 0 Å². The van der Waals surface area contributed by atoms with Crippen LogP contribution in [0.25, 0.3) is 0 Å². The second kappa shape index (κ2) is 7.03. The van der Waals surface area contributed by atoms with E-state index < -0.39 is 0 Å². The second-order valence-corrected chi connectivity index (χ2v) is 8.38. The summed E-state index contributed by atoms with van der Waals surface area (Å²) in [5.41, 5.74) is 0.499. The van der Waals surface area contributed by atoms with Crippen LogP contribution in [0.15, 0.2) is 0 Å². The van der Waals surface area contributed by atoms with E-state index in [2.05, 4.69) is 45.3 Å². The highest BCUT2D eigenvalue weighted by atomic mass is 28.2.